The van der Waals surface area contributed by atoms with Crippen molar-refractivity contribution in [3.63, 3.8) is 0 Å². The van der Waals surface area contributed by atoms with Gasteiger partial charge in [-0.3, -0.25) is 4.79 Å². The minimum atomic E-state index is -1.81. The summed E-state index contributed by atoms with van der Waals surface area (Å²) in [4.78, 5) is 36.4. The molecule has 2 unspecified atom stereocenters. The lowest BCUT2D eigenvalue weighted by Gasteiger charge is -2.25. The van der Waals surface area contributed by atoms with Crippen molar-refractivity contribution in [2.24, 2.45) is 0 Å². The lowest BCUT2D eigenvalue weighted by atomic mass is 10.0. The molecule has 0 aliphatic carbocycles. The Morgan fingerprint density at radius 2 is 1.63 bits per heavy atom. The summed E-state index contributed by atoms with van der Waals surface area (Å²) in [6.07, 6.45) is 3.26. The average molecular weight is 562 g/mol. The second-order valence-electron chi connectivity index (χ2n) is 10.0. The Morgan fingerprint density at radius 1 is 0.902 bits per heavy atom. The predicted octanol–water partition coefficient (Wildman–Crippen LogP) is 5.76. The standard InChI is InChI=1S/C33H39NO7/c1-3-4-13-28(26-17-14-23(2)15-18-26)41-30(31(33(38)39)40-22-29(35)36)32(37)34-20-9-5-6-10-24-16-19-25-11-7-8-12-27(25)21-24/h7-8,11-19,21,30-31H,3-6,9-10,20,22H2,1-2H3,(H,34,37)(H,35,36)(H,38,39)/b28-13-. The number of amides is 1. The van der Waals surface area contributed by atoms with Gasteiger partial charge in [0.05, 0.1) is 0 Å². The van der Waals surface area contributed by atoms with Crippen molar-refractivity contribution < 1.29 is 34.1 Å². The molecule has 3 N–H and O–H groups in total. The number of nitrogens with one attached hydrogen (secondary N) is 1. The summed E-state index contributed by atoms with van der Waals surface area (Å²) in [6, 6.07) is 22.1. The molecule has 0 aliphatic heterocycles. The van der Waals surface area contributed by atoms with E-state index >= 15 is 0 Å². The first-order valence-electron chi connectivity index (χ1n) is 14.0. The molecule has 8 nitrogen and oxygen atoms in total. The van der Waals surface area contributed by atoms with E-state index in [-0.39, 0.29) is 0 Å². The first-order valence-corrected chi connectivity index (χ1v) is 14.0. The van der Waals surface area contributed by atoms with E-state index in [1.54, 1.807) is 6.08 Å². The molecule has 0 aliphatic rings. The van der Waals surface area contributed by atoms with Crippen molar-refractivity contribution >= 4 is 34.4 Å². The molecule has 41 heavy (non-hydrogen) atoms. The van der Waals surface area contributed by atoms with E-state index in [2.05, 4.69) is 35.6 Å². The molecule has 3 rings (SSSR count). The summed E-state index contributed by atoms with van der Waals surface area (Å²) >= 11 is 0. The summed E-state index contributed by atoms with van der Waals surface area (Å²) < 4.78 is 11.1. The average Bonchev–Trinajstić information content (AvgIpc) is 2.96. The summed E-state index contributed by atoms with van der Waals surface area (Å²) in [5.74, 6) is -3.16. The maximum absolute atomic E-state index is 13.3. The third kappa shape index (κ3) is 10.1. The van der Waals surface area contributed by atoms with Crippen LogP contribution >= 0.6 is 0 Å². The molecule has 0 aromatic heterocycles. The molecule has 0 saturated heterocycles. The van der Waals surface area contributed by atoms with E-state index < -0.39 is 36.7 Å². The third-order valence-corrected chi connectivity index (χ3v) is 6.63. The highest BCUT2D eigenvalue weighted by Gasteiger charge is 2.38. The topological polar surface area (TPSA) is 122 Å². The fourth-order valence-electron chi connectivity index (χ4n) is 4.40. The van der Waals surface area contributed by atoms with Gasteiger partial charge in [-0.2, -0.15) is 0 Å². The number of hydrogen-bond acceptors (Lipinski definition) is 5. The molecule has 3 aromatic carbocycles. The first-order chi connectivity index (χ1) is 19.8. The van der Waals surface area contributed by atoms with Crippen LogP contribution in [-0.2, 0) is 30.3 Å². The molecule has 0 spiro atoms. The molecule has 218 valence electrons. The molecular formula is C33H39NO7. The molecule has 0 bridgehead atoms. The Kier molecular flexibility index (Phi) is 12.4. The number of carboxylic acid groups (broad SMARTS) is 2. The zero-order valence-electron chi connectivity index (χ0n) is 23.7. The van der Waals surface area contributed by atoms with Gasteiger partial charge in [-0.25, -0.2) is 9.59 Å². The second-order valence-corrected chi connectivity index (χ2v) is 10.0. The first kappa shape index (κ1) is 31.4. The molecule has 0 radical (unpaired) electrons. The number of aliphatic carboxylic acids is 2. The lowest BCUT2D eigenvalue weighted by molar-refractivity contribution is -0.168. The van der Waals surface area contributed by atoms with Gasteiger partial charge in [-0.05, 0) is 55.0 Å². The van der Waals surface area contributed by atoms with Gasteiger partial charge in [-0.1, -0.05) is 92.1 Å². The van der Waals surface area contributed by atoms with Crippen molar-refractivity contribution in [3.05, 3.63) is 89.5 Å². The quantitative estimate of drug-likeness (QED) is 0.142. The van der Waals surface area contributed by atoms with Crippen LogP contribution in [0.25, 0.3) is 16.5 Å². The van der Waals surface area contributed by atoms with Crippen LogP contribution in [0.2, 0.25) is 0 Å². The van der Waals surface area contributed by atoms with Gasteiger partial charge >= 0.3 is 11.9 Å². The Balaban J connectivity index is 1.64. The Bertz CT molecular complexity index is 1330. The Hall–Kier alpha value is -4.17. The van der Waals surface area contributed by atoms with E-state index in [1.807, 2.05) is 50.2 Å². The maximum Gasteiger partial charge on any atom is 0.337 e. The highest BCUT2D eigenvalue weighted by Crippen LogP contribution is 2.23. The number of unbranched alkanes of at least 4 members (excludes halogenated alkanes) is 3. The largest absolute Gasteiger partial charge is 0.480 e. The van der Waals surface area contributed by atoms with Gasteiger partial charge in [0, 0.05) is 12.1 Å². The van der Waals surface area contributed by atoms with Gasteiger partial charge in [0.25, 0.3) is 5.91 Å². The van der Waals surface area contributed by atoms with Crippen molar-refractivity contribution in [2.45, 2.75) is 64.6 Å². The lowest BCUT2D eigenvalue weighted by Crippen LogP contribution is -2.49. The number of ether oxygens (including phenoxy) is 2. The van der Waals surface area contributed by atoms with Gasteiger partial charge in [-0.15, -0.1) is 0 Å². The number of carboxylic acids is 2. The van der Waals surface area contributed by atoms with E-state index in [0.717, 1.165) is 31.2 Å². The smallest absolute Gasteiger partial charge is 0.337 e. The maximum atomic E-state index is 13.3. The van der Waals surface area contributed by atoms with Gasteiger partial charge in [0.15, 0.2) is 0 Å². The molecule has 0 saturated carbocycles. The number of rotatable bonds is 17. The SMILES string of the molecule is CCC/C=C(\OC(C(=O)NCCCCCc1ccc2ccccc2c1)C(OCC(=O)O)C(=O)O)c1ccc(C)cc1. The number of aryl methyl sites for hydroxylation is 2. The molecule has 0 heterocycles. The fourth-order valence-corrected chi connectivity index (χ4v) is 4.40. The Morgan fingerprint density at radius 3 is 2.32 bits per heavy atom. The van der Waals surface area contributed by atoms with Crippen LogP contribution in [0.1, 0.15) is 55.7 Å². The van der Waals surface area contributed by atoms with Crippen LogP contribution in [0.5, 0.6) is 0 Å². The zero-order chi connectivity index (χ0) is 29.6. The summed E-state index contributed by atoms with van der Waals surface area (Å²) in [6.45, 7) is 3.37. The third-order valence-electron chi connectivity index (χ3n) is 6.63. The van der Waals surface area contributed by atoms with E-state index in [1.165, 1.54) is 16.3 Å². The molecule has 8 heteroatoms. The molecule has 2 atom stereocenters. The monoisotopic (exact) mass is 561 g/mol. The molecule has 3 aromatic rings. The predicted molar refractivity (Wildman–Crippen MR) is 158 cm³/mol. The van der Waals surface area contributed by atoms with Gasteiger partial charge in [0.1, 0.15) is 12.4 Å². The molecule has 0 fully saturated rings. The summed E-state index contributed by atoms with van der Waals surface area (Å²) in [5.41, 5.74) is 2.97. The normalized spacial score (nSPS) is 13.0. The van der Waals surface area contributed by atoms with E-state index in [9.17, 15) is 19.5 Å². The second kappa shape index (κ2) is 16.2. The van der Waals surface area contributed by atoms with E-state index in [4.69, 9.17) is 14.6 Å². The van der Waals surface area contributed by atoms with Crippen molar-refractivity contribution in [1.82, 2.24) is 5.32 Å². The highest BCUT2D eigenvalue weighted by molar-refractivity contribution is 5.89. The van der Waals surface area contributed by atoms with E-state index in [0.29, 0.717) is 30.7 Å². The number of fused-ring (bicyclic) bond motifs is 1. The van der Waals surface area contributed by atoms with Gasteiger partial charge < -0.3 is 25.0 Å². The zero-order valence-corrected chi connectivity index (χ0v) is 23.7. The van der Waals surface area contributed by atoms with Crippen LogP contribution in [0.15, 0.2) is 72.8 Å². The molecular weight excluding hydrogens is 522 g/mol. The van der Waals surface area contributed by atoms with Crippen LogP contribution in [0.3, 0.4) is 0 Å². The van der Waals surface area contributed by atoms with Crippen molar-refractivity contribution in [1.29, 1.82) is 0 Å². The molecule has 1 amide bonds. The fraction of sp³-hybridized carbons (Fsp3) is 0.364. The van der Waals surface area contributed by atoms with Crippen LogP contribution in [-0.4, -0.2) is 53.4 Å². The van der Waals surface area contributed by atoms with Crippen molar-refractivity contribution in [2.75, 3.05) is 13.2 Å². The van der Waals surface area contributed by atoms with Crippen LogP contribution in [0.4, 0.5) is 0 Å². The summed E-state index contributed by atoms with van der Waals surface area (Å²) in [7, 11) is 0. The Labute approximate surface area is 241 Å². The number of benzene rings is 3. The minimum Gasteiger partial charge on any atom is -0.480 e. The number of allylic oxidation sites excluding steroid dienone is 1. The minimum absolute atomic E-state index is 0.320. The number of carbonyl (C=O) groups excluding carboxylic acids is 1. The van der Waals surface area contributed by atoms with Crippen LogP contribution in [0, 0.1) is 6.92 Å². The summed E-state index contributed by atoms with van der Waals surface area (Å²) in [5, 5.41) is 24.1. The highest BCUT2D eigenvalue weighted by atomic mass is 16.6. The number of hydrogen-bond donors (Lipinski definition) is 3. The van der Waals surface area contributed by atoms with Gasteiger partial charge in [0.2, 0.25) is 12.2 Å². The van der Waals surface area contributed by atoms with Crippen LogP contribution < -0.4 is 5.32 Å². The number of carbonyl (C=O) groups is 3. The van der Waals surface area contributed by atoms with Crippen molar-refractivity contribution in [3.8, 4) is 0 Å².